The second-order valence-corrected chi connectivity index (χ2v) is 8.25. The Morgan fingerprint density at radius 1 is 1.38 bits per heavy atom. The number of fused-ring (bicyclic) bond motifs is 1. The van der Waals surface area contributed by atoms with E-state index < -0.39 is 0 Å². The van der Waals surface area contributed by atoms with Crippen LogP contribution in [-0.4, -0.2) is 41.9 Å². The van der Waals surface area contributed by atoms with Crippen molar-refractivity contribution in [1.29, 1.82) is 0 Å². The molecule has 0 saturated heterocycles. The number of aryl methyl sites for hydroxylation is 2. The van der Waals surface area contributed by atoms with Crippen molar-refractivity contribution in [3.63, 3.8) is 0 Å². The lowest BCUT2D eigenvalue weighted by atomic mass is 10.1. The number of rotatable bonds is 4. The molecule has 1 aliphatic heterocycles. The third-order valence-corrected chi connectivity index (χ3v) is 6.37. The van der Waals surface area contributed by atoms with Crippen molar-refractivity contribution in [3.05, 3.63) is 37.5 Å². The van der Waals surface area contributed by atoms with Gasteiger partial charge in [-0.05, 0) is 37.3 Å². The summed E-state index contributed by atoms with van der Waals surface area (Å²) in [6.07, 6.45) is 0.953. The number of nitrogens with one attached hydrogen (secondary N) is 2. The van der Waals surface area contributed by atoms with Crippen LogP contribution in [0.4, 0.5) is 0 Å². The largest absolute Gasteiger partial charge is 0.350 e. The van der Waals surface area contributed by atoms with Crippen LogP contribution in [0.15, 0.2) is 16.4 Å². The summed E-state index contributed by atoms with van der Waals surface area (Å²) in [5.74, 6) is 0.716. The topological polar surface area (TPSA) is 69.6 Å². The van der Waals surface area contributed by atoms with Crippen molar-refractivity contribution >= 4 is 58.5 Å². The predicted molar refractivity (Wildman–Crippen MR) is 119 cm³/mol. The molecule has 9 heteroatoms. The molecule has 0 bridgehead atoms. The van der Waals surface area contributed by atoms with Gasteiger partial charge in [0.2, 0.25) is 5.91 Å². The Hall–Kier alpha value is -1.20. The van der Waals surface area contributed by atoms with E-state index in [1.54, 1.807) is 29.7 Å². The summed E-state index contributed by atoms with van der Waals surface area (Å²) in [6, 6.07) is 2.12. The van der Waals surface area contributed by atoms with Crippen LogP contribution in [0.25, 0.3) is 0 Å². The van der Waals surface area contributed by atoms with Crippen molar-refractivity contribution in [2.75, 3.05) is 20.1 Å². The third kappa shape index (κ3) is 5.17. The molecule has 0 fully saturated rings. The van der Waals surface area contributed by atoms with E-state index in [4.69, 9.17) is 0 Å². The Bertz CT molecular complexity index is 766. The van der Waals surface area contributed by atoms with E-state index in [1.165, 1.54) is 15.3 Å². The molecule has 2 N–H and O–H groups in total. The number of nitrogens with zero attached hydrogens (tertiary/aromatic N) is 3. The molecular formula is C17H24IN5OS2. The Labute approximate surface area is 179 Å². The molecule has 3 rings (SSSR count). The van der Waals surface area contributed by atoms with Crippen LogP contribution in [0.3, 0.4) is 0 Å². The van der Waals surface area contributed by atoms with Gasteiger partial charge in [0.15, 0.2) is 5.96 Å². The Morgan fingerprint density at radius 2 is 2.19 bits per heavy atom. The number of thiazole rings is 1. The standard InChI is InChI=1S/C17H23N5OS2.HI/c1-11-12(2)25-15(21-11)8-19-17(18-3)20-9-16(23)22-6-4-14-13(10-22)5-7-24-14;/h5,7H,4,6,8-10H2,1-3H3,(H2,18,19,20);1H. The minimum atomic E-state index is 0. The number of aromatic nitrogens is 1. The molecule has 0 radical (unpaired) electrons. The monoisotopic (exact) mass is 505 g/mol. The average Bonchev–Trinajstić information content (AvgIpc) is 3.20. The molecule has 0 saturated carbocycles. The molecule has 0 aliphatic carbocycles. The first-order valence-electron chi connectivity index (χ1n) is 8.27. The second kappa shape index (κ2) is 9.65. The molecule has 3 heterocycles. The molecule has 142 valence electrons. The number of carbonyl (C=O) groups is 1. The SMILES string of the molecule is CN=C(NCC(=O)N1CCc2sccc2C1)NCc1nc(C)c(C)s1.I. The first-order chi connectivity index (χ1) is 12.1. The van der Waals surface area contributed by atoms with Gasteiger partial charge in [-0.3, -0.25) is 9.79 Å². The highest BCUT2D eigenvalue weighted by molar-refractivity contribution is 14.0. The average molecular weight is 505 g/mol. The van der Waals surface area contributed by atoms with Crippen molar-refractivity contribution < 1.29 is 4.79 Å². The van der Waals surface area contributed by atoms with Crippen LogP contribution >= 0.6 is 46.7 Å². The van der Waals surface area contributed by atoms with Gasteiger partial charge in [-0.15, -0.1) is 46.7 Å². The first-order valence-corrected chi connectivity index (χ1v) is 9.97. The molecular weight excluding hydrogens is 481 g/mol. The fourth-order valence-electron chi connectivity index (χ4n) is 2.73. The maximum atomic E-state index is 12.4. The van der Waals surface area contributed by atoms with Gasteiger partial charge in [-0.2, -0.15) is 0 Å². The van der Waals surface area contributed by atoms with Crippen molar-refractivity contribution in [3.8, 4) is 0 Å². The summed E-state index contributed by atoms with van der Waals surface area (Å²) in [7, 11) is 1.71. The summed E-state index contributed by atoms with van der Waals surface area (Å²) in [6.45, 7) is 6.43. The van der Waals surface area contributed by atoms with Crippen LogP contribution in [-0.2, 0) is 24.3 Å². The number of carbonyl (C=O) groups excluding carboxylic acids is 1. The van der Waals surface area contributed by atoms with E-state index in [1.807, 2.05) is 11.8 Å². The number of aliphatic imine (C=N–C) groups is 1. The van der Waals surface area contributed by atoms with E-state index in [-0.39, 0.29) is 36.4 Å². The third-order valence-electron chi connectivity index (χ3n) is 4.27. The lowest BCUT2D eigenvalue weighted by Crippen LogP contribution is -2.45. The fourth-order valence-corrected chi connectivity index (χ4v) is 4.49. The number of hydrogen-bond donors (Lipinski definition) is 2. The summed E-state index contributed by atoms with van der Waals surface area (Å²) >= 11 is 3.46. The van der Waals surface area contributed by atoms with Crippen LogP contribution in [0.2, 0.25) is 0 Å². The van der Waals surface area contributed by atoms with Gasteiger partial charge >= 0.3 is 0 Å². The van der Waals surface area contributed by atoms with Gasteiger partial charge in [0, 0.05) is 29.9 Å². The van der Waals surface area contributed by atoms with E-state index in [9.17, 15) is 4.79 Å². The van der Waals surface area contributed by atoms with E-state index >= 15 is 0 Å². The number of hydrogen-bond acceptors (Lipinski definition) is 5. The van der Waals surface area contributed by atoms with Crippen LogP contribution in [0.1, 0.15) is 26.0 Å². The Balaban J connectivity index is 0.00000243. The molecule has 0 aromatic carbocycles. The highest BCUT2D eigenvalue weighted by Crippen LogP contribution is 2.23. The maximum absolute atomic E-state index is 12.4. The van der Waals surface area contributed by atoms with Gasteiger partial charge in [0.25, 0.3) is 0 Å². The van der Waals surface area contributed by atoms with Gasteiger partial charge in [0.1, 0.15) is 5.01 Å². The number of thiophene rings is 1. The highest BCUT2D eigenvalue weighted by atomic mass is 127. The van der Waals surface area contributed by atoms with E-state index in [2.05, 4.69) is 39.0 Å². The van der Waals surface area contributed by atoms with Crippen molar-refractivity contribution in [2.45, 2.75) is 33.4 Å². The van der Waals surface area contributed by atoms with Gasteiger partial charge in [0.05, 0.1) is 18.8 Å². The van der Waals surface area contributed by atoms with Gasteiger partial charge < -0.3 is 15.5 Å². The maximum Gasteiger partial charge on any atom is 0.242 e. The summed E-state index contributed by atoms with van der Waals surface area (Å²) in [5, 5.41) is 9.44. The summed E-state index contributed by atoms with van der Waals surface area (Å²) < 4.78 is 0. The fraction of sp³-hybridized carbons (Fsp3) is 0.471. The molecule has 1 aliphatic rings. The van der Waals surface area contributed by atoms with Crippen LogP contribution < -0.4 is 10.6 Å². The van der Waals surface area contributed by atoms with E-state index in [0.29, 0.717) is 19.0 Å². The van der Waals surface area contributed by atoms with Crippen LogP contribution in [0, 0.1) is 13.8 Å². The van der Waals surface area contributed by atoms with Crippen molar-refractivity contribution in [2.24, 2.45) is 4.99 Å². The second-order valence-electron chi connectivity index (χ2n) is 5.96. The Kier molecular flexibility index (Phi) is 7.84. The van der Waals surface area contributed by atoms with Gasteiger partial charge in [-0.25, -0.2) is 4.98 Å². The normalized spacial score (nSPS) is 13.8. The summed E-state index contributed by atoms with van der Waals surface area (Å²) in [4.78, 5) is 25.7. The summed E-state index contributed by atoms with van der Waals surface area (Å²) in [5.41, 5.74) is 2.35. The molecule has 2 aromatic heterocycles. The molecule has 2 aromatic rings. The predicted octanol–water partition coefficient (Wildman–Crippen LogP) is 2.69. The highest BCUT2D eigenvalue weighted by Gasteiger charge is 2.21. The first kappa shape index (κ1) is 21.1. The zero-order chi connectivity index (χ0) is 17.8. The van der Waals surface area contributed by atoms with Crippen molar-refractivity contribution in [1.82, 2.24) is 20.5 Å². The molecule has 0 unspecified atom stereocenters. The lowest BCUT2D eigenvalue weighted by Gasteiger charge is -2.27. The quantitative estimate of drug-likeness (QED) is 0.381. The molecule has 26 heavy (non-hydrogen) atoms. The minimum absolute atomic E-state index is 0. The zero-order valence-corrected chi connectivity index (χ0v) is 19.1. The zero-order valence-electron chi connectivity index (χ0n) is 15.2. The number of guanidine groups is 1. The smallest absolute Gasteiger partial charge is 0.242 e. The molecule has 1 amide bonds. The molecule has 0 atom stereocenters. The van der Waals surface area contributed by atoms with Crippen LogP contribution in [0.5, 0.6) is 0 Å². The molecule has 6 nitrogen and oxygen atoms in total. The van der Waals surface area contributed by atoms with Gasteiger partial charge in [-0.1, -0.05) is 0 Å². The Morgan fingerprint density at radius 3 is 2.88 bits per heavy atom. The number of halogens is 1. The minimum Gasteiger partial charge on any atom is -0.350 e. The molecule has 0 spiro atoms. The van der Waals surface area contributed by atoms with E-state index in [0.717, 1.165) is 23.7 Å². The lowest BCUT2D eigenvalue weighted by molar-refractivity contribution is -0.130. The number of amides is 1.